The normalized spacial score (nSPS) is 16.3. The lowest BCUT2D eigenvalue weighted by Crippen LogP contribution is -2.44. The van der Waals surface area contributed by atoms with E-state index in [0.717, 1.165) is 22.9 Å². The minimum Gasteiger partial charge on any atom is -0.477 e. The number of nitrogens with zero attached hydrogens (tertiary/aromatic N) is 2. The summed E-state index contributed by atoms with van der Waals surface area (Å²) in [6.45, 7) is 6.65. The number of halogens is 1. The van der Waals surface area contributed by atoms with E-state index in [1.807, 2.05) is 51.1 Å². The van der Waals surface area contributed by atoms with Crippen molar-refractivity contribution in [2.45, 2.75) is 45.8 Å². The first kappa shape index (κ1) is 25.0. The Bertz CT molecular complexity index is 1330. The molecule has 2 aromatic carbocycles. The number of carbonyl (C=O) groups excluding carboxylic acids is 1. The fourth-order valence-electron chi connectivity index (χ4n) is 4.68. The van der Waals surface area contributed by atoms with Gasteiger partial charge in [0.05, 0.1) is 0 Å². The molecule has 7 nitrogen and oxygen atoms in total. The van der Waals surface area contributed by atoms with E-state index in [1.165, 1.54) is 4.57 Å². The number of likely N-dealkylation sites (tertiary alicyclic amines) is 1. The van der Waals surface area contributed by atoms with Gasteiger partial charge in [-0.1, -0.05) is 46.3 Å². The lowest BCUT2D eigenvalue weighted by atomic mass is 9.94. The number of amides is 1. The number of piperidine rings is 1. The maximum absolute atomic E-state index is 13.6. The molecule has 184 valence electrons. The average molecular weight is 541 g/mol. The van der Waals surface area contributed by atoms with Crippen molar-refractivity contribution in [1.29, 1.82) is 0 Å². The van der Waals surface area contributed by atoms with Crippen LogP contribution in [0.5, 0.6) is 0 Å². The van der Waals surface area contributed by atoms with E-state index in [9.17, 15) is 19.5 Å². The second-order valence-electron chi connectivity index (χ2n) is 9.94. The minimum atomic E-state index is -1.16. The summed E-state index contributed by atoms with van der Waals surface area (Å²) in [6.07, 6.45) is 1.15. The molecule has 2 heterocycles. The van der Waals surface area contributed by atoms with E-state index in [2.05, 4.69) is 15.9 Å². The summed E-state index contributed by atoms with van der Waals surface area (Å²) in [5.74, 6) is -1.24. The third-order valence-electron chi connectivity index (χ3n) is 6.11. The third-order valence-corrected chi connectivity index (χ3v) is 6.60. The zero-order chi connectivity index (χ0) is 25.3. The molecule has 3 aromatic rings. The van der Waals surface area contributed by atoms with Crippen LogP contribution in [0.15, 0.2) is 57.8 Å². The Hall–Kier alpha value is -3.13. The van der Waals surface area contributed by atoms with Crippen molar-refractivity contribution in [1.82, 2.24) is 9.47 Å². The number of carboxylic acids is 1. The molecule has 1 atom stereocenters. The Morgan fingerprint density at radius 3 is 2.49 bits per heavy atom. The van der Waals surface area contributed by atoms with Crippen molar-refractivity contribution >= 4 is 38.8 Å². The summed E-state index contributed by atoms with van der Waals surface area (Å²) in [7, 11) is 0. The Morgan fingerprint density at radius 2 is 1.83 bits per heavy atom. The van der Waals surface area contributed by atoms with Gasteiger partial charge in [-0.05, 0) is 68.7 Å². The number of benzene rings is 2. The van der Waals surface area contributed by atoms with Gasteiger partial charge in [-0.25, -0.2) is 9.59 Å². The smallest absolute Gasteiger partial charge is 0.410 e. The number of hydrogen-bond acceptors (Lipinski definition) is 4. The van der Waals surface area contributed by atoms with Gasteiger partial charge < -0.3 is 19.3 Å². The number of aromatic nitrogens is 1. The monoisotopic (exact) mass is 540 g/mol. The highest BCUT2D eigenvalue weighted by atomic mass is 79.9. The fraction of sp³-hybridized carbons (Fsp3) is 0.370. The molecular formula is C27H29BrN2O5. The maximum Gasteiger partial charge on any atom is 0.410 e. The molecule has 1 fully saturated rings. The van der Waals surface area contributed by atoms with Crippen LogP contribution in [0.25, 0.3) is 21.9 Å². The first-order chi connectivity index (χ1) is 16.5. The Labute approximate surface area is 212 Å². The summed E-state index contributed by atoms with van der Waals surface area (Å²) in [5.41, 5.74) is 0.240. The Kier molecular flexibility index (Phi) is 7.03. The highest BCUT2D eigenvalue weighted by Gasteiger charge is 2.30. The average Bonchev–Trinajstić information content (AvgIpc) is 2.80. The zero-order valence-electron chi connectivity index (χ0n) is 20.1. The van der Waals surface area contributed by atoms with E-state index in [0.29, 0.717) is 29.4 Å². The molecule has 1 amide bonds. The molecule has 4 rings (SSSR count). The van der Waals surface area contributed by atoms with E-state index in [-0.39, 0.29) is 29.8 Å². The van der Waals surface area contributed by atoms with Gasteiger partial charge in [-0.2, -0.15) is 0 Å². The summed E-state index contributed by atoms with van der Waals surface area (Å²) in [4.78, 5) is 40.5. The lowest BCUT2D eigenvalue weighted by Gasteiger charge is -2.34. The number of carbonyl (C=O) groups is 2. The molecule has 0 bridgehead atoms. The number of pyridine rings is 1. The molecule has 8 heteroatoms. The molecule has 0 spiro atoms. The predicted molar refractivity (Wildman–Crippen MR) is 139 cm³/mol. The predicted octanol–water partition coefficient (Wildman–Crippen LogP) is 5.78. The largest absolute Gasteiger partial charge is 0.477 e. The molecule has 1 N–H and O–H groups in total. The number of fused-ring (bicyclic) bond motifs is 1. The van der Waals surface area contributed by atoms with Crippen LogP contribution in [0.1, 0.15) is 44.1 Å². The van der Waals surface area contributed by atoms with Crippen LogP contribution in [-0.4, -0.2) is 45.3 Å². The van der Waals surface area contributed by atoms with Crippen LogP contribution in [0.3, 0.4) is 0 Å². The van der Waals surface area contributed by atoms with E-state index < -0.39 is 11.6 Å². The Morgan fingerprint density at radius 1 is 1.11 bits per heavy atom. The van der Waals surface area contributed by atoms with Crippen LogP contribution in [-0.2, 0) is 11.3 Å². The van der Waals surface area contributed by atoms with Crippen LogP contribution < -0.4 is 5.56 Å². The number of rotatable bonds is 4. The van der Waals surface area contributed by atoms with Gasteiger partial charge in [0.1, 0.15) is 11.3 Å². The van der Waals surface area contributed by atoms with E-state index in [1.54, 1.807) is 23.1 Å². The van der Waals surface area contributed by atoms with Crippen molar-refractivity contribution in [2.24, 2.45) is 5.92 Å². The van der Waals surface area contributed by atoms with Gasteiger partial charge >= 0.3 is 12.1 Å². The van der Waals surface area contributed by atoms with E-state index in [4.69, 9.17) is 4.74 Å². The van der Waals surface area contributed by atoms with Crippen molar-refractivity contribution in [2.75, 3.05) is 13.1 Å². The van der Waals surface area contributed by atoms with Crippen molar-refractivity contribution in [3.05, 3.63) is 69.1 Å². The van der Waals surface area contributed by atoms with E-state index >= 15 is 0 Å². The fourth-order valence-corrected chi connectivity index (χ4v) is 5.04. The number of carboxylic acid groups (broad SMARTS) is 1. The highest BCUT2D eigenvalue weighted by Crippen LogP contribution is 2.33. The summed E-state index contributed by atoms with van der Waals surface area (Å²) in [6, 6.07) is 14.6. The molecule has 1 saturated heterocycles. The SMILES string of the molecule is CC(C)(C)OC(=O)N1CCCC(Cn2c(C(=O)O)c(-c3ccccc3)c3cc(Br)ccc3c2=O)C1. The summed E-state index contributed by atoms with van der Waals surface area (Å²) >= 11 is 3.46. The van der Waals surface area contributed by atoms with Crippen molar-refractivity contribution < 1.29 is 19.4 Å². The molecule has 1 aliphatic heterocycles. The minimum absolute atomic E-state index is 0.0406. The zero-order valence-corrected chi connectivity index (χ0v) is 21.7. The number of ether oxygens (including phenoxy) is 1. The van der Waals surface area contributed by atoms with Crippen LogP contribution in [0, 0.1) is 5.92 Å². The quantitative estimate of drug-likeness (QED) is 0.453. The molecule has 0 radical (unpaired) electrons. The van der Waals surface area contributed by atoms with Crippen LogP contribution in [0.2, 0.25) is 0 Å². The summed E-state index contributed by atoms with van der Waals surface area (Å²) in [5, 5.41) is 11.3. The highest BCUT2D eigenvalue weighted by molar-refractivity contribution is 9.10. The maximum atomic E-state index is 13.6. The van der Waals surface area contributed by atoms with Gasteiger partial charge in [0.25, 0.3) is 5.56 Å². The van der Waals surface area contributed by atoms with Crippen LogP contribution in [0.4, 0.5) is 4.79 Å². The Balaban J connectivity index is 1.81. The second kappa shape index (κ2) is 9.85. The van der Waals surface area contributed by atoms with Crippen molar-refractivity contribution in [3.63, 3.8) is 0 Å². The molecule has 0 saturated carbocycles. The molecule has 35 heavy (non-hydrogen) atoms. The summed E-state index contributed by atoms with van der Waals surface area (Å²) < 4.78 is 7.67. The van der Waals surface area contributed by atoms with Crippen molar-refractivity contribution in [3.8, 4) is 11.1 Å². The van der Waals surface area contributed by atoms with Gasteiger partial charge in [0.2, 0.25) is 0 Å². The number of hydrogen-bond donors (Lipinski definition) is 1. The molecule has 1 aromatic heterocycles. The molecule has 1 unspecified atom stereocenters. The first-order valence-electron chi connectivity index (χ1n) is 11.7. The van der Waals surface area contributed by atoms with Crippen LogP contribution >= 0.6 is 15.9 Å². The molecule has 1 aliphatic rings. The standard InChI is InChI=1S/C27H29BrN2O5/c1-27(2,3)35-26(34)29-13-7-8-17(15-29)16-30-23(25(32)33)22(18-9-5-4-6-10-18)21-14-19(28)11-12-20(21)24(30)31/h4-6,9-12,14,17H,7-8,13,15-16H2,1-3H3,(H,32,33). The lowest BCUT2D eigenvalue weighted by molar-refractivity contribution is 0.0155. The van der Waals surface area contributed by atoms with Gasteiger partial charge in [-0.15, -0.1) is 0 Å². The third kappa shape index (κ3) is 5.42. The first-order valence-corrected chi connectivity index (χ1v) is 12.5. The second-order valence-corrected chi connectivity index (χ2v) is 10.9. The topological polar surface area (TPSA) is 88.8 Å². The van der Waals surface area contributed by atoms with Gasteiger partial charge in [-0.3, -0.25) is 4.79 Å². The number of aromatic carboxylic acids is 1. The molecular weight excluding hydrogens is 512 g/mol. The molecule has 0 aliphatic carbocycles. The van der Waals surface area contributed by atoms with Gasteiger partial charge in [0.15, 0.2) is 0 Å². The van der Waals surface area contributed by atoms with Gasteiger partial charge in [0, 0.05) is 35.1 Å².